The number of anilines is 2. The molecule has 1 fully saturated rings. The molecule has 2 aromatic carbocycles. The Labute approximate surface area is 152 Å². The standard InChI is InChI=1S/C17H15BrClFN2O2/c18-12-7-11(8-14(20)9-12)17(23)21-15-10-13(19)1-2-16(15)22-3-5-24-6-4-22/h1-2,7-10H,3-6H2,(H,21,23). The van der Waals surface area contributed by atoms with Crippen LogP contribution < -0.4 is 10.2 Å². The van der Waals surface area contributed by atoms with Crippen LogP contribution in [0.2, 0.25) is 5.02 Å². The second-order valence-electron chi connectivity index (χ2n) is 5.37. The van der Waals surface area contributed by atoms with E-state index in [4.69, 9.17) is 16.3 Å². The topological polar surface area (TPSA) is 41.6 Å². The van der Waals surface area contributed by atoms with Gasteiger partial charge in [-0.15, -0.1) is 0 Å². The van der Waals surface area contributed by atoms with E-state index in [9.17, 15) is 9.18 Å². The van der Waals surface area contributed by atoms with Gasteiger partial charge in [-0.05, 0) is 36.4 Å². The average Bonchev–Trinajstić information content (AvgIpc) is 2.55. The van der Waals surface area contributed by atoms with E-state index in [1.807, 2.05) is 6.07 Å². The summed E-state index contributed by atoms with van der Waals surface area (Å²) in [7, 11) is 0. The van der Waals surface area contributed by atoms with Crippen LogP contribution in [-0.4, -0.2) is 32.2 Å². The summed E-state index contributed by atoms with van der Waals surface area (Å²) in [4.78, 5) is 14.6. The van der Waals surface area contributed by atoms with Gasteiger partial charge in [0.1, 0.15) is 5.82 Å². The van der Waals surface area contributed by atoms with Gasteiger partial charge >= 0.3 is 0 Å². The normalized spacial score (nSPS) is 14.5. The maximum Gasteiger partial charge on any atom is 0.255 e. The lowest BCUT2D eigenvalue weighted by atomic mass is 10.2. The molecule has 2 aromatic rings. The van der Waals surface area contributed by atoms with Gasteiger partial charge in [-0.1, -0.05) is 27.5 Å². The SMILES string of the molecule is O=C(Nc1cc(Cl)ccc1N1CCOCC1)c1cc(F)cc(Br)c1. The zero-order valence-electron chi connectivity index (χ0n) is 12.7. The van der Waals surface area contributed by atoms with Crippen molar-refractivity contribution in [3.05, 3.63) is 57.3 Å². The molecule has 0 spiro atoms. The van der Waals surface area contributed by atoms with Crippen molar-refractivity contribution in [2.24, 2.45) is 0 Å². The van der Waals surface area contributed by atoms with Gasteiger partial charge in [-0.2, -0.15) is 0 Å². The molecule has 0 bridgehead atoms. The number of nitrogens with zero attached hydrogens (tertiary/aromatic N) is 1. The van der Waals surface area contributed by atoms with E-state index in [0.29, 0.717) is 28.4 Å². The van der Waals surface area contributed by atoms with Crippen LogP contribution in [-0.2, 0) is 4.74 Å². The van der Waals surface area contributed by atoms with E-state index in [1.54, 1.807) is 18.2 Å². The highest BCUT2D eigenvalue weighted by Gasteiger charge is 2.17. The van der Waals surface area contributed by atoms with Crippen molar-refractivity contribution in [1.29, 1.82) is 0 Å². The summed E-state index contributed by atoms with van der Waals surface area (Å²) >= 11 is 9.27. The zero-order chi connectivity index (χ0) is 17.1. The number of nitrogens with one attached hydrogen (secondary N) is 1. The van der Waals surface area contributed by atoms with Gasteiger partial charge in [-0.3, -0.25) is 4.79 Å². The quantitative estimate of drug-likeness (QED) is 0.814. The first-order chi connectivity index (χ1) is 11.5. The second kappa shape index (κ2) is 7.51. The van der Waals surface area contributed by atoms with Gasteiger partial charge in [0.25, 0.3) is 5.91 Å². The van der Waals surface area contributed by atoms with Crippen LogP contribution in [0.25, 0.3) is 0 Å². The molecule has 1 amide bonds. The number of rotatable bonds is 3. The highest BCUT2D eigenvalue weighted by atomic mass is 79.9. The summed E-state index contributed by atoms with van der Waals surface area (Å²) in [5.74, 6) is -0.874. The lowest BCUT2D eigenvalue weighted by molar-refractivity contribution is 0.102. The monoisotopic (exact) mass is 412 g/mol. The molecule has 1 aliphatic heterocycles. The second-order valence-corrected chi connectivity index (χ2v) is 6.73. The summed E-state index contributed by atoms with van der Waals surface area (Å²) < 4.78 is 19.4. The van der Waals surface area contributed by atoms with Crippen LogP contribution in [0.5, 0.6) is 0 Å². The van der Waals surface area contributed by atoms with Crippen LogP contribution in [0.1, 0.15) is 10.4 Å². The van der Waals surface area contributed by atoms with Crippen molar-refractivity contribution in [2.75, 3.05) is 36.5 Å². The Kier molecular flexibility index (Phi) is 5.38. The third-order valence-electron chi connectivity index (χ3n) is 3.68. The molecule has 0 unspecified atom stereocenters. The molecule has 24 heavy (non-hydrogen) atoms. The third kappa shape index (κ3) is 4.06. The summed E-state index contributed by atoms with van der Waals surface area (Å²) in [5, 5.41) is 3.34. The Morgan fingerprint density at radius 2 is 1.96 bits per heavy atom. The molecule has 1 heterocycles. The van der Waals surface area contributed by atoms with Gasteiger partial charge in [0.2, 0.25) is 0 Å². The summed E-state index contributed by atoms with van der Waals surface area (Å²) in [5.41, 5.74) is 1.69. The predicted molar refractivity (Wildman–Crippen MR) is 96.5 cm³/mol. The molecule has 3 rings (SSSR count). The molecule has 1 aliphatic rings. The summed E-state index contributed by atoms with van der Waals surface area (Å²) in [6.45, 7) is 2.73. The smallest absolute Gasteiger partial charge is 0.255 e. The van der Waals surface area contributed by atoms with Gasteiger partial charge in [-0.25, -0.2) is 4.39 Å². The minimum absolute atomic E-state index is 0.231. The summed E-state index contributed by atoms with van der Waals surface area (Å²) in [6.07, 6.45) is 0. The number of morpholine rings is 1. The minimum Gasteiger partial charge on any atom is -0.378 e. The Morgan fingerprint density at radius 3 is 2.67 bits per heavy atom. The van der Waals surface area contributed by atoms with Gasteiger partial charge < -0.3 is 15.0 Å². The first kappa shape index (κ1) is 17.2. The molecule has 7 heteroatoms. The molecule has 0 atom stereocenters. The Balaban J connectivity index is 1.88. The van der Waals surface area contributed by atoms with Crippen molar-refractivity contribution in [1.82, 2.24) is 0 Å². The van der Waals surface area contributed by atoms with Crippen molar-refractivity contribution < 1.29 is 13.9 Å². The number of carbonyl (C=O) groups is 1. The lowest BCUT2D eigenvalue weighted by Gasteiger charge is -2.30. The number of ether oxygens (including phenoxy) is 1. The fourth-order valence-electron chi connectivity index (χ4n) is 2.57. The highest BCUT2D eigenvalue weighted by Crippen LogP contribution is 2.30. The van der Waals surface area contributed by atoms with E-state index >= 15 is 0 Å². The van der Waals surface area contributed by atoms with Crippen LogP contribution >= 0.6 is 27.5 Å². The van der Waals surface area contributed by atoms with Crippen molar-refractivity contribution in [3.63, 3.8) is 0 Å². The van der Waals surface area contributed by atoms with E-state index in [0.717, 1.165) is 18.8 Å². The number of benzene rings is 2. The highest BCUT2D eigenvalue weighted by molar-refractivity contribution is 9.10. The summed E-state index contributed by atoms with van der Waals surface area (Å²) in [6, 6.07) is 9.40. The molecule has 1 N–H and O–H groups in total. The van der Waals surface area contributed by atoms with E-state index < -0.39 is 11.7 Å². The number of hydrogen-bond acceptors (Lipinski definition) is 3. The minimum atomic E-state index is -0.478. The molecule has 1 saturated heterocycles. The Bertz CT molecular complexity index is 746. The molecule has 0 saturated carbocycles. The van der Waals surface area contributed by atoms with Gasteiger partial charge in [0.15, 0.2) is 0 Å². The van der Waals surface area contributed by atoms with Crippen molar-refractivity contribution in [3.8, 4) is 0 Å². The molecule has 0 aliphatic carbocycles. The van der Waals surface area contributed by atoms with E-state index in [1.165, 1.54) is 12.1 Å². The number of hydrogen-bond donors (Lipinski definition) is 1. The predicted octanol–water partition coefficient (Wildman–Crippen LogP) is 4.33. The van der Waals surface area contributed by atoms with Crippen LogP contribution in [0.15, 0.2) is 40.9 Å². The molecular weight excluding hydrogens is 399 g/mol. The fraction of sp³-hybridized carbons (Fsp3) is 0.235. The fourth-order valence-corrected chi connectivity index (χ4v) is 3.21. The number of carbonyl (C=O) groups excluding carboxylic acids is 1. The van der Waals surface area contributed by atoms with Crippen molar-refractivity contribution in [2.45, 2.75) is 0 Å². The third-order valence-corrected chi connectivity index (χ3v) is 4.38. The molecule has 4 nitrogen and oxygen atoms in total. The largest absolute Gasteiger partial charge is 0.378 e. The molecule has 0 aromatic heterocycles. The molecule has 0 radical (unpaired) electrons. The average molecular weight is 414 g/mol. The lowest BCUT2D eigenvalue weighted by Crippen LogP contribution is -2.36. The maximum absolute atomic E-state index is 13.5. The van der Waals surface area contributed by atoms with E-state index in [-0.39, 0.29) is 5.56 Å². The van der Waals surface area contributed by atoms with E-state index in [2.05, 4.69) is 26.1 Å². The molecule has 126 valence electrons. The van der Waals surface area contributed by atoms with Gasteiger partial charge in [0.05, 0.1) is 24.6 Å². The number of halogens is 3. The van der Waals surface area contributed by atoms with Gasteiger partial charge in [0, 0.05) is 28.1 Å². The molecular formula is C17H15BrClFN2O2. The van der Waals surface area contributed by atoms with Crippen LogP contribution in [0.3, 0.4) is 0 Å². The van der Waals surface area contributed by atoms with Crippen LogP contribution in [0, 0.1) is 5.82 Å². The first-order valence-corrected chi connectivity index (χ1v) is 8.60. The van der Waals surface area contributed by atoms with Crippen LogP contribution in [0.4, 0.5) is 15.8 Å². The Hall–Kier alpha value is -1.63. The first-order valence-electron chi connectivity index (χ1n) is 7.42. The zero-order valence-corrected chi connectivity index (χ0v) is 15.0. The maximum atomic E-state index is 13.5. The van der Waals surface area contributed by atoms with Crippen molar-refractivity contribution >= 4 is 44.8 Å². The Morgan fingerprint density at radius 1 is 1.21 bits per heavy atom. The number of amides is 1.